The van der Waals surface area contributed by atoms with E-state index in [9.17, 15) is 24.3 Å². The van der Waals surface area contributed by atoms with Crippen molar-refractivity contribution in [3.8, 4) is 17.1 Å². The van der Waals surface area contributed by atoms with E-state index in [1.807, 2.05) is 6.07 Å². The maximum absolute atomic E-state index is 14.3. The third kappa shape index (κ3) is 6.67. The second-order valence-electron chi connectivity index (χ2n) is 14.3. The number of phenolic OH excluding ortho intramolecular Hbond substituents is 1. The fourth-order valence-corrected chi connectivity index (χ4v) is 7.16. The van der Waals surface area contributed by atoms with Crippen LogP contribution in [0.3, 0.4) is 0 Å². The van der Waals surface area contributed by atoms with E-state index < -0.39 is 43.4 Å². The number of fused-ring (bicyclic) bond motifs is 5. The molecule has 0 aliphatic carbocycles. The van der Waals surface area contributed by atoms with Crippen molar-refractivity contribution in [2.75, 3.05) is 6.54 Å². The second kappa shape index (κ2) is 12.2. The van der Waals surface area contributed by atoms with Crippen molar-refractivity contribution in [1.82, 2.24) is 14.9 Å². The first kappa shape index (κ1) is 33.2. The van der Waals surface area contributed by atoms with E-state index in [1.54, 1.807) is 56.5 Å². The lowest BCUT2D eigenvalue weighted by Gasteiger charge is -2.39. The highest BCUT2D eigenvalue weighted by atomic mass is 28.3. The van der Waals surface area contributed by atoms with Gasteiger partial charge in [0.25, 0.3) is 5.56 Å². The van der Waals surface area contributed by atoms with Gasteiger partial charge in [-0.05, 0) is 70.4 Å². The Kier molecular flexibility index (Phi) is 8.80. The Morgan fingerprint density at radius 3 is 2.59 bits per heavy atom. The molecule has 2 N–H and O–H groups in total. The van der Waals surface area contributed by atoms with Gasteiger partial charge in [-0.15, -0.1) is 0 Å². The van der Waals surface area contributed by atoms with Crippen LogP contribution in [0.15, 0.2) is 35.1 Å². The van der Waals surface area contributed by atoms with Crippen LogP contribution in [0.5, 0.6) is 5.75 Å². The molecule has 46 heavy (non-hydrogen) atoms. The van der Waals surface area contributed by atoms with Gasteiger partial charge in [-0.1, -0.05) is 32.6 Å². The molecule has 11 nitrogen and oxygen atoms in total. The van der Waals surface area contributed by atoms with Crippen LogP contribution in [0.4, 0.5) is 4.79 Å². The quantitative estimate of drug-likeness (QED) is 0.0978. The van der Waals surface area contributed by atoms with Crippen LogP contribution in [0, 0.1) is 0 Å². The van der Waals surface area contributed by atoms with E-state index in [2.05, 4.69) is 25.0 Å². The van der Waals surface area contributed by atoms with Crippen LogP contribution in [-0.4, -0.2) is 52.9 Å². The number of amides is 1. The number of hydrogen-bond donors (Lipinski definition) is 2. The standard InChI is InChI=1S/C34H43N3O8Si/c1-8-34(44-27(39)10-9-14-35-32(42)45-33(2,3)4)23-18-25-29-21(16-20-17-22(38)11-12-24(20)36-29)19-37(25)30(40)28(23)26(43-31(34)41)13-15-46(5,6)7/h11-12,16-18,26,38H,8-10,13-15,19H2,1-7H3,(H,35,42). The van der Waals surface area contributed by atoms with Gasteiger partial charge >= 0.3 is 18.0 Å². The minimum absolute atomic E-state index is 0.0572. The number of carbonyl (C=O) groups is 3. The van der Waals surface area contributed by atoms with Gasteiger partial charge in [0.1, 0.15) is 17.5 Å². The van der Waals surface area contributed by atoms with Crippen molar-refractivity contribution in [3.63, 3.8) is 0 Å². The van der Waals surface area contributed by atoms with Crippen molar-refractivity contribution in [2.24, 2.45) is 0 Å². The molecule has 0 saturated carbocycles. The van der Waals surface area contributed by atoms with Gasteiger partial charge in [-0.2, -0.15) is 0 Å². The van der Waals surface area contributed by atoms with Crippen molar-refractivity contribution in [3.05, 3.63) is 57.4 Å². The highest BCUT2D eigenvalue weighted by molar-refractivity contribution is 6.76. The molecule has 0 saturated heterocycles. The molecule has 2 atom stereocenters. The highest BCUT2D eigenvalue weighted by Crippen LogP contribution is 2.46. The van der Waals surface area contributed by atoms with E-state index in [4.69, 9.17) is 19.2 Å². The minimum atomic E-state index is -1.82. The maximum atomic E-state index is 14.3. The average molecular weight is 650 g/mol. The number of alkyl carbamates (subject to hydrolysis) is 1. The lowest BCUT2D eigenvalue weighted by Crippen LogP contribution is -2.49. The Balaban J connectivity index is 1.51. The lowest BCUT2D eigenvalue weighted by molar-refractivity contribution is -0.193. The van der Waals surface area contributed by atoms with Crippen LogP contribution >= 0.6 is 0 Å². The molecule has 1 amide bonds. The second-order valence-corrected chi connectivity index (χ2v) is 19.9. The van der Waals surface area contributed by atoms with Gasteiger partial charge < -0.3 is 29.2 Å². The Bertz CT molecular complexity index is 1770. The van der Waals surface area contributed by atoms with Gasteiger partial charge in [0, 0.05) is 37.6 Å². The summed E-state index contributed by atoms with van der Waals surface area (Å²) >= 11 is 0. The first-order valence-electron chi connectivity index (χ1n) is 15.8. The Hall–Kier alpha value is -4.19. The summed E-state index contributed by atoms with van der Waals surface area (Å²) in [5, 5.41) is 13.4. The minimum Gasteiger partial charge on any atom is -0.508 e. The van der Waals surface area contributed by atoms with Crippen LogP contribution < -0.4 is 10.9 Å². The number of aromatic hydroxyl groups is 1. The summed E-state index contributed by atoms with van der Waals surface area (Å²) in [6, 6.07) is 9.40. The monoisotopic (exact) mass is 649 g/mol. The predicted octanol–water partition coefficient (Wildman–Crippen LogP) is 5.91. The summed E-state index contributed by atoms with van der Waals surface area (Å²) in [4.78, 5) is 58.3. The molecule has 0 fully saturated rings. The first-order chi connectivity index (χ1) is 21.5. The van der Waals surface area contributed by atoms with Crippen LogP contribution in [0.25, 0.3) is 22.3 Å². The van der Waals surface area contributed by atoms with Gasteiger partial charge in [0.15, 0.2) is 0 Å². The van der Waals surface area contributed by atoms with Gasteiger partial charge in [0.2, 0.25) is 5.60 Å². The molecule has 5 rings (SSSR count). The van der Waals surface area contributed by atoms with E-state index in [0.29, 0.717) is 34.5 Å². The Labute approximate surface area is 269 Å². The number of aromatic nitrogens is 2. The molecule has 3 aromatic rings. The van der Waals surface area contributed by atoms with E-state index in [0.717, 1.165) is 17.0 Å². The summed E-state index contributed by atoms with van der Waals surface area (Å²) in [6.07, 6.45) is -0.641. The largest absolute Gasteiger partial charge is 0.508 e. The number of rotatable bonds is 9. The number of ether oxygens (including phenoxy) is 3. The van der Waals surface area contributed by atoms with Crippen LogP contribution in [0.1, 0.15) is 76.2 Å². The van der Waals surface area contributed by atoms with Gasteiger partial charge in [-0.3, -0.25) is 9.59 Å². The molecule has 1 aromatic carbocycles. The van der Waals surface area contributed by atoms with E-state index >= 15 is 0 Å². The number of nitrogens with zero attached hydrogens (tertiary/aromatic N) is 2. The van der Waals surface area contributed by atoms with Crippen molar-refractivity contribution >= 4 is 37.0 Å². The predicted molar refractivity (Wildman–Crippen MR) is 175 cm³/mol. The number of hydrogen-bond acceptors (Lipinski definition) is 9. The topological polar surface area (TPSA) is 146 Å². The third-order valence-corrected chi connectivity index (χ3v) is 10.1. The van der Waals surface area contributed by atoms with Gasteiger partial charge in [-0.25, -0.2) is 14.6 Å². The third-order valence-electron chi connectivity index (χ3n) is 8.29. The fourth-order valence-electron chi connectivity index (χ4n) is 6.03. The molecule has 0 spiro atoms. The number of esters is 2. The first-order valence-corrected chi connectivity index (χ1v) is 19.5. The number of benzene rings is 1. The van der Waals surface area contributed by atoms with Crippen molar-refractivity contribution in [1.29, 1.82) is 0 Å². The molecule has 2 aliphatic rings. The molecular weight excluding hydrogens is 606 g/mol. The summed E-state index contributed by atoms with van der Waals surface area (Å²) < 4.78 is 18.9. The molecule has 246 valence electrons. The zero-order valence-electron chi connectivity index (χ0n) is 27.6. The molecular formula is C34H43N3O8Si. The smallest absolute Gasteiger partial charge is 0.407 e. The van der Waals surface area contributed by atoms with E-state index in [1.165, 1.54) is 0 Å². The normalized spacial score (nSPS) is 18.8. The zero-order chi connectivity index (χ0) is 33.6. The van der Waals surface area contributed by atoms with Crippen LogP contribution in [-0.2, 0) is 35.9 Å². The molecule has 2 aliphatic heterocycles. The Morgan fingerprint density at radius 2 is 1.91 bits per heavy atom. The molecule has 2 unspecified atom stereocenters. The van der Waals surface area contributed by atoms with Crippen molar-refractivity contribution < 1.29 is 33.7 Å². The summed E-state index contributed by atoms with van der Waals surface area (Å²) in [5.74, 6) is -1.23. The molecule has 2 aromatic heterocycles. The summed E-state index contributed by atoms with van der Waals surface area (Å²) in [5.41, 5.74) is 0.477. The Morgan fingerprint density at radius 1 is 1.17 bits per heavy atom. The number of phenols is 1. The average Bonchev–Trinajstić information content (AvgIpc) is 3.31. The maximum Gasteiger partial charge on any atom is 0.407 e. The molecule has 0 bridgehead atoms. The number of nitrogens with one attached hydrogen (secondary N) is 1. The number of carbonyl (C=O) groups excluding carboxylic acids is 3. The lowest BCUT2D eigenvalue weighted by atomic mass is 9.82. The highest BCUT2D eigenvalue weighted by Gasteiger charge is 2.53. The van der Waals surface area contributed by atoms with Crippen molar-refractivity contribution in [2.45, 2.75) is 103 Å². The molecule has 12 heteroatoms. The molecule has 4 heterocycles. The van der Waals surface area contributed by atoms with Gasteiger partial charge in [0.05, 0.1) is 29.0 Å². The summed E-state index contributed by atoms with van der Waals surface area (Å²) in [6.45, 7) is 14.1. The molecule has 0 radical (unpaired) electrons. The number of pyridine rings is 2. The fraction of sp³-hybridized carbons (Fsp3) is 0.500. The zero-order valence-corrected chi connectivity index (χ0v) is 28.6. The number of cyclic esters (lactones) is 1. The SMILES string of the molecule is CCC1(OC(=O)CCCNC(=O)OC(C)(C)C)C(=O)OC(CC[Si](C)(C)C)c2c1cc1n(c2=O)Cc2cc3cc(O)ccc3nc2-1. The van der Waals surface area contributed by atoms with E-state index in [-0.39, 0.29) is 43.7 Å². The van der Waals surface area contributed by atoms with Crippen LogP contribution in [0.2, 0.25) is 25.7 Å². The summed E-state index contributed by atoms with van der Waals surface area (Å²) in [7, 11) is -1.57.